The zero-order valence-electron chi connectivity index (χ0n) is 6.87. The molecule has 0 rings (SSSR count). The molecule has 0 aromatic heterocycles. The van der Waals surface area contributed by atoms with Crippen molar-refractivity contribution >= 4 is 0 Å². The Bertz CT molecular complexity index is 39.9. The first-order chi connectivity index (χ1) is 4.31. The Kier molecular flexibility index (Phi) is 14.0. The van der Waals surface area contributed by atoms with Crippen LogP contribution in [0.15, 0.2) is 0 Å². The van der Waals surface area contributed by atoms with Gasteiger partial charge in [0.15, 0.2) is 0 Å². The van der Waals surface area contributed by atoms with E-state index in [-0.39, 0.29) is 0 Å². The van der Waals surface area contributed by atoms with Gasteiger partial charge in [-0.25, -0.2) is 4.39 Å². The topological polar surface area (TPSA) is 12.0 Å². The predicted molar refractivity (Wildman–Crippen MR) is 40.5 cm³/mol. The fourth-order valence-electron chi connectivity index (χ4n) is 0.366. The van der Waals surface area contributed by atoms with Crippen LogP contribution in [0.2, 0.25) is 0 Å². The quantitative estimate of drug-likeness (QED) is 0.624. The molecule has 0 radical (unpaired) electrons. The smallest absolute Gasteiger partial charge is 0.112 e. The van der Waals surface area contributed by atoms with Crippen LogP contribution in [0.1, 0.15) is 27.2 Å². The van der Waals surface area contributed by atoms with Crippen molar-refractivity contribution in [1.29, 1.82) is 0 Å². The first kappa shape index (κ1) is 11.7. The summed E-state index contributed by atoms with van der Waals surface area (Å²) in [6.07, 6.45) is -0.0501. The maximum Gasteiger partial charge on any atom is 0.112 e. The number of nitrogens with one attached hydrogen (secondary N) is 1. The van der Waals surface area contributed by atoms with E-state index in [1.807, 2.05) is 20.8 Å². The molecule has 0 saturated heterocycles. The Hall–Kier alpha value is -0.110. The molecule has 0 aromatic carbocycles. The molecule has 0 aromatic rings. The van der Waals surface area contributed by atoms with Crippen LogP contribution in [0.4, 0.5) is 4.39 Å². The highest BCUT2D eigenvalue weighted by atomic mass is 19.1. The summed E-state index contributed by atoms with van der Waals surface area (Å²) in [6.45, 7) is 6.32. The predicted octanol–water partition coefficient (Wildman–Crippen LogP) is 1.98. The fourth-order valence-corrected chi connectivity index (χ4v) is 0.366. The highest BCUT2D eigenvalue weighted by Gasteiger charge is 1.97. The molecule has 9 heavy (non-hydrogen) atoms. The third-order valence-electron chi connectivity index (χ3n) is 0.869. The van der Waals surface area contributed by atoms with Crippen molar-refractivity contribution in [3.05, 3.63) is 0 Å². The van der Waals surface area contributed by atoms with Gasteiger partial charge < -0.3 is 5.32 Å². The van der Waals surface area contributed by atoms with Crippen LogP contribution in [0, 0.1) is 0 Å². The average Bonchev–Trinajstić information content (AvgIpc) is 1.93. The van der Waals surface area contributed by atoms with Gasteiger partial charge in [0.05, 0.1) is 0 Å². The van der Waals surface area contributed by atoms with Gasteiger partial charge >= 0.3 is 0 Å². The van der Waals surface area contributed by atoms with Crippen molar-refractivity contribution in [3.8, 4) is 0 Å². The Labute approximate surface area is 57.7 Å². The third-order valence-corrected chi connectivity index (χ3v) is 0.869. The van der Waals surface area contributed by atoms with Crippen LogP contribution in [0.25, 0.3) is 0 Å². The van der Waals surface area contributed by atoms with Gasteiger partial charge in [0, 0.05) is 6.54 Å². The second kappa shape index (κ2) is 10.8. The van der Waals surface area contributed by atoms with Crippen molar-refractivity contribution in [2.75, 3.05) is 13.6 Å². The summed E-state index contributed by atoms with van der Waals surface area (Å²) in [4.78, 5) is 0. The zero-order chi connectivity index (χ0) is 7.70. The molecule has 2 heteroatoms. The molecule has 0 unspecified atom stereocenters. The van der Waals surface area contributed by atoms with E-state index in [4.69, 9.17) is 0 Å². The normalized spacial score (nSPS) is 11.7. The largest absolute Gasteiger partial charge is 0.317 e. The highest BCUT2D eigenvalue weighted by molar-refractivity contribution is 4.52. The average molecular weight is 135 g/mol. The molecule has 0 fully saturated rings. The van der Waals surface area contributed by atoms with Crippen LogP contribution in [0.5, 0.6) is 0 Å². The van der Waals surface area contributed by atoms with Crippen molar-refractivity contribution in [3.63, 3.8) is 0 Å². The number of rotatable bonds is 3. The molecular weight excluding hydrogens is 117 g/mol. The molecule has 1 atom stereocenters. The molecule has 0 aliphatic heterocycles. The van der Waals surface area contributed by atoms with E-state index in [0.29, 0.717) is 13.0 Å². The van der Waals surface area contributed by atoms with E-state index in [0.717, 1.165) is 0 Å². The second-order valence-corrected chi connectivity index (χ2v) is 1.56. The van der Waals surface area contributed by atoms with Gasteiger partial charge in [0.25, 0.3) is 0 Å². The fraction of sp³-hybridized carbons (Fsp3) is 1.00. The third kappa shape index (κ3) is 11.4. The molecule has 0 aliphatic carbocycles. The molecule has 0 amide bonds. The van der Waals surface area contributed by atoms with E-state index in [1.165, 1.54) is 0 Å². The van der Waals surface area contributed by atoms with E-state index >= 15 is 0 Å². The minimum absolute atomic E-state index is 0.483. The number of alkyl halides is 1. The minimum Gasteiger partial charge on any atom is -0.317 e. The Balaban J connectivity index is 0. The first-order valence-corrected chi connectivity index (χ1v) is 3.60. The lowest BCUT2D eigenvalue weighted by atomic mass is 10.3. The van der Waals surface area contributed by atoms with Gasteiger partial charge in [-0.2, -0.15) is 0 Å². The molecular formula is C7H18FN. The molecule has 1 nitrogen and oxygen atoms in total. The molecule has 0 aliphatic rings. The maximum absolute atomic E-state index is 12.1. The monoisotopic (exact) mass is 135 g/mol. The first-order valence-electron chi connectivity index (χ1n) is 3.60. The van der Waals surface area contributed by atoms with E-state index in [9.17, 15) is 4.39 Å². The van der Waals surface area contributed by atoms with Gasteiger partial charge in [-0.3, -0.25) is 0 Å². The van der Waals surface area contributed by atoms with E-state index in [2.05, 4.69) is 5.32 Å². The summed E-state index contributed by atoms with van der Waals surface area (Å²) in [5, 5.41) is 2.74. The molecule has 0 saturated carbocycles. The van der Waals surface area contributed by atoms with E-state index in [1.54, 1.807) is 7.05 Å². The van der Waals surface area contributed by atoms with Crippen LogP contribution >= 0.6 is 0 Å². The van der Waals surface area contributed by atoms with Gasteiger partial charge in [-0.05, 0) is 13.5 Å². The molecule has 0 bridgehead atoms. The Morgan fingerprint density at radius 1 is 1.44 bits per heavy atom. The molecule has 1 N–H and O–H groups in total. The lowest BCUT2D eigenvalue weighted by molar-refractivity contribution is 0.317. The summed E-state index contributed by atoms with van der Waals surface area (Å²) >= 11 is 0. The van der Waals surface area contributed by atoms with Gasteiger partial charge in [0.1, 0.15) is 6.17 Å². The van der Waals surface area contributed by atoms with Crippen molar-refractivity contribution < 1.29 is 4.39 Å². The Morgan fingerprint density at radius 2 is 1.89 bits per heavy atom. The number of hydrogen-bond donors (Lipinski definition) is 1. The van der Waals surface area contributed by atoms with Crippen LogP contribution in [0.3, 0.4) is 0 Å². The SMILES string of the molecule is CC.CC[C@@H](F)CNC. The summed E-state index contributed by atoms with van der Waals surface area (Å²) in [6, 6.07) is 0. The van der Waals surface area contributed by atoms with Crippen molar-refractivity contribution in [1.82, 2.24) is 5.32 Å². The second-order valence-electron chi connectivity index (χ2n) is 1.56. The lowest BCUT2D eigenvalue weighted by Crippen LogP contribution is -2.18. The van der Waals surface area contributed by atoms with Gasteiger partial charge in [0.2, 0.25) is 0 Å². The van der Waals surface area contributed by atoms with Gasteiger partial charge in [-0.15, -0.1) is 0 Å². The van der Waals surface area contributed by atoms with Crippen molar-refractivity contribution in [2.45, 2.75) is 33.4 Å². The molecule has 58 valence electrons. The van der Waals surface area contributed by atoms with E-state index < -0.39 is 6.17 Å². The lowest BCUT2D eigenvalue weighted by Gasteiger charge is -2.00. The maximum atomic E-state index is 12.1. The standard InChI is InChI=1S/C5H12FN.C2H6/c1-3-5(6)4-7-2;1-2/h5,7H,3-4H2,1-2H3;1-2H3/t5-;/m1./s1. The van der Waals surface area contributed by atoms with Gasteiger partial charge in [-0.1, -0.05) is 20.8 Å². The number of hydrogen-bond acceptors (Lipinski definition) is 1. The summed E-state index contributed by atoms with van der Waals surface area (Å²) in [5.74, 6) is 0. The summed E-state index contributed by atoms with van der Waals surface area (Å²) in [5.41, 5.74) is 0. The molecule has 0 heterocycles. The summed E-state index contributed by atoms with van der Waals surface area (Å²) in [7, 11) is 1.75. The van der Waals surface area contributed by atoms with Crippen molar-refractivity contribution in [2.24, 2.45) is 0 Å². The molecule has 0 spiro atoms. The number of halogens is 1. The zero-order valence-corrected chi connectivity index (χ0v) is 6.87. The Morgan fingerprint density at radius 3 is 2.00 bits per heavy atom. The summed E-state index contributed by atoms with van der Waals surface area (Å²) < 4.78 is 12.1. The highest BCUT2D eigenvalue weighted by Crippen LogP contribution is 1.91. The van der Waals surface area contributed by atoms with Crippen LogP contribution in [-0.4, -0.2) is 19.8 Å². The van der Waals surface area contributed by atoms with Crippen LogP contribution < -0.4 is 5.32 Å². The minimum atomic E-state index is -0.662. The van der Waals surface area contributed by atoms with Crippen LogP contribution in [-0.2, 0) is 0 Å².